The van der Waals surface area contributed by atoms with Gasteiger partial charge in [-0.25, -0.2) is 14.1 Å². The molecular weight excluding hydrogens is 337 g/mol. The van der Waals surface area contributed by atoms with Crippen LogP contribution in [0.25, 0.3) is 0 Å². The number of carbonyl (C=O) groups excluding carboxylic acids is 1. The second kappa shape index (κ2) is 7.15. The number of hydrogen-bond acceptors (Lipinski definition) is 3. The van der Waals surface area contributed by atoms with E-state index in [-0.39, 0.29) is 11.3 Å². The third-order valence-corrected chi connectivity index (χ3v) is 4.51. The molecule has 1 aliphatic carbocycles. The molecule has 1 unspecified atom stereocenters. The first-order valence-corrected chi connectivity index (χ1v) is 8.34. The van der Waals surface area contributed by atoms with Crippen LogP contribution >= 0.6 is 12.6 Å². The lowest BCUT2D eigenvalue weighted by Crippen LogP contribution is -2.27. The molecule has 128 valence electrons. The largest absolute Gasteiger partial charge is 0.424 e. The van der Waals surface area contributed by atoms with Gasteiger partial charge in [0.2, 0.25) is 0 Å². The van der Waals surface area contributed by atoms with Gasteiger partial charge in [0.25, 0.3) is 0 Å². The number of anilines is 2. The zero-order chi connectivity index (χ0) is 17.9. The molecule has 1 aliphatic rings. The van der Waals surface area contributed by atoms with Crippen molar-refractivity contribution >= 4 is 30.1 Å². The molecule has 0 N–H and O–H groups in total. The van der Waals surface area contributed by atoms with E-state index in [2.05, 4.69) is 12.6 Å². The predicted molar refractivity (Wildman–Crippen MR) is 101 cm³/mol. The van der Waals surface area contributed by atoms with Crippen molar-refractivity contribution in [3.05, 3.63) is 83.5 Å². The monoisotopic (exact) mass is 355 g/mol. The summed E-state index contributed by atoms with van der Waals surface area (Å²) >= 11 is 4.16. The molecule has 0 spiro atoms. The van der Waals surface area contributed by atoms with Gasteiger partial charge in [-0.2, -0.15) is 0 Å². The van der Waals surface area contributed by atoms with E-state index < -0.39 is 11.8 Å². The van der Waals surface area contributed by atoms with Crippen LogP contribution in [0.2, 0.25) is 0 Å². The first-order chi connectivity index (χ1) is 12.0. The first-order valence-electron chi connectivity index (χ1n) is 7.89. The molecule has 0 heterocycles. The average Bonchev–Trinajstić information content (AvgIpc) is 2.61. The molecule has 1 atom stereocenters. The number of thiol groups is 1. The molecule has 5 heteroatoms. The smallest absolute Gasteiger partial charge is 0.410 e. The highest BCUT2D eigenvalue weighted by Crippen LogP contribution is 2.35. The summed E-state index contributed by atoms with van der Waals surface area (Å²) in [6.45, 7) is 1.45. The lowest BCUT2D eigenvalue weighted by atomic mass is 9.99. The van der Waals surface area contributed by atoms with E-state index in [0.717, 1.165) is 0 Å². The average molecular weight is 355 g/mol. The van der Waals surface area contributed by atoms with Gasteiger partial charge in [0.05, 0.1) is 11.4 Å². The zero-order valence-corrected chi connectivity index (χ0v) is 14.6. The van der Waals surface area contributed by atoms with Gasteiger partial charge >= 0.3 is 6.09 Å². The summed E-state index contributed by atoms with van der Waals surface area (Å²) < 4.78 is 19.6. The Balaban J connectivity index is 1.88. The summed E-state index contributed by atoms with van der Waals surface area (Å²) in [7, 11) is 0. The minimum atomic E-state index is -1.53. The molecule has 25 heavy (non-hydrogen) atoms. The maximum absolute atomic E-state index is 14.1. The Morgan fingerprint density at radius 3 is 2.08 bits per heavy atom. The van der Waals surface area contributed by atoms with Gasteiger partial charge in [-0.15, -0.1) is 12.6 Å². The lowest BCUT2D eigenvalue weighted by molar-refractivity contribution is 0.185. The number of benzene rings is 2. The molecular formula is C20H18FNO2S. The number of ether oxygens (including phenoxy) is 1. The van der Waals surface area contributed by atoms with E-state index in [1.165, 1.54) is 17.9 Å². The summed E-state index contributed by atoms with van der Waals surface area (Å²) in [5, 5.41) is 0. The number of halogens is 1. The summed E-state index contributed by atoms with van der Waals surface area (Å²) in [6, 6.07) is 18.4. The Morgan fingerprint density at radius 1 is 1.08 bits per heavy atom. The molecule has 0 saturated carbocycles. The standard InChI is InChI=1S/C20H18FNO2S/c1-20(21)13-12-17(14-18(20)25)24-19(23)22(15-8-4-2-5-9-15)16-10-6-3-7-11-16/h2-12,14,25H,13H2,1H3. The van der Waals surface area contributed by atoms with E-state index in [9.17, 15) is 9.18 Å². The van der Waals surface area contributed by atoms with Crippen LogP contribution in [-0.2, 0) is 4.74 Å². The molecule has 0 aromatic heterocycles. The third-order valence-electron chi connectivity index (χ3n) is 3.92. The van der Waals surface area contributed by atoms with Gasteiger partial charge in [-0.05, 0) is 43.3 Å². The van der Waals surface area contributed by atoms with Crippen molar-refractivity contribution in [1.82, 2.24) is 0 Å². The fourth-order valence-corrected chi connectivity index (χ4v) is 2.69. The Morgan fingerprint density at radius 2 is 1.60 bits per heavy atom. The van der Waals surface area contributed by atoms with E-state index in [1.54, 1.807) is 6.08 Å². The van der Waals surface area contributed by atoms with Crippen LogP contribution in [0, 0.1) is 0 Å². The quantitative estimate of drug-likeness (QED) is 0.706. The van der Waals surface area contributed by atoms with Crippen molar-refractivity contribution in [2.45, 2.75) is 19.0 Å². The molecule has 0 radical (unpaired) electrons. The van der Waals surface area contributed by atoms with Crippen LogP contribution in [0.4, 0.5) is 20.6 Å². The summed E-state index contributed by atoms with van der Waals surface area (Å²) in [4.78, 5) is 14.5. The minimum absolute atomic E-state index is 0.113. The van der Waals surface area contributed by atoms with E-state index in [4.69, 9.17) is 4.74 Å². The molecule has 0 bridgehead atoms. The van der Waals surface area contributed by atoms with E-state index in [1.807, 2.05) is 60.7 Å². The van der Waals surface area contributed by atoms with Gasteiger partial charge in [0.1, 0.15) is 11.4 Å². The number of alkyl halides is 1. The number of para-hydroxylation sites is 2. The van der Waals surface area contributed by atoms with Crippen molar-refractivity contribution < 1.29 is 13.9 Å². The highest BCUT2D eigenvalue weighted by molar-refractivity contribution is 7.84. The van der Waals surface area contributed by atoms with Gasteiger partial charge in [0.15, 0.2) is 0 Å². The highest BCUT2D eigenvalue weighted by Gasteiger charge is 2.30. The van der Waals surface area contributed by atoms with Crippen molar-refractivity contribution in [2.24, 2.45) is 0 Å². The molecule has 0 saturated heterocycles. The fourth-order valence-electron chi connectivity index (χ4n) is 2.47. The van der Waals surface area contributed by atoms with Crippen LogP contribution in [0.15, 0.2) is 83.5 Å². The number of nitrogens with zero attached hydrogens (tertiary/aromatic N) is 1. The number of amides is 1. The first kappa shape index (κ1) is 17.3. The molecule has 0 aliphatic heterocycles. The second-order valence-corrected chi connectivity index (χ2v) is 6.39. The Kier molecular flexibility index (Phi) is 4.95. The fraction of sp³-hybridized carbons (Fsp3) is 0.150. The molecule has 3 rings (SSSR count). The lowest BCUT2D eigenvalue weighted by Gasteiger charge is -2.26. The van der Waals surface area contributed by atoms with Gasteiger partial charge < -0.3 is 4.74 Å². The van der Waals surface area contributed by atoms with Gasteiger partial charge in [-0.3, -0.25) is 0 Å². The van der Waals surface area contributed by atoms with Crippen LogP contribution in [-0.4, -0.2) is 11.8 Å². The molecule has 2 aromatic carbocycles. The SMILES string of the molecule is CC1(F)CC=C(OC(=O)N(c2ccccc2)c2ccccc2)C=C1S. The third kappa shape index (κ3) is 3.94. The number of rotatable bonds is 3. The highest BCUT2D eigenvalue weighted by atomic mass is 32.1. The normalized spacial score (nSPS) is 19.6. The maximum atomic E-state index is 14.1. The van der Waals surface area contributed by atoms with Gasteiger partial charge in [-0.1, -0.05) is 36.4 Å². The number of carbonyl (C=O) groups is 1. The Labute approximate surface area is 151 Å². The summed E-state index contributed by atoms with van der Waals surface area (Å²) in [6.07, 6.45) is 2.55. The van der Waals surface area contributed by atoms with Crippen molar-refractivity contribution in [3.8, 4) is 0 Å². The Bertz CT molecular complexity index is 777. The summed E-state index contributed by atoms with van der Waals surface area (Å²) in [5.74, 6) is 0.294. The van der Waals surface area contributed by atoms with Crippen molar-refractivity contribution in [3.63, 3.8) is 0 Å². The summed E-state index contributed by atoms with van der Waals surface area (Å²) in [5.41, 5.74) is -0.168. The topological polar surface area (TPSA) is 29.5 Å². The van der Waals surface area contributed by atoms with E-state index >= 15 is 0 Å². The molecule has 1 amide bonds. The second-order valence-electron chi connectivity index (χ2n) is 5.91. The van der Waals surface area contributed by atoms with E-state index in [0.29, 0.717) is 17.1 Å². The van der Waals surface area contributed by atoms with Crippen molar-refractivity contribution in [2.75, 3.05) is 4.90 Å². The number of allylic oxidation sites excluding steroid dienone is 3. The zero-order valence-electron chi connectivity index (χ0n) is 13.7. The molecule has 2 aromatic rings. The van der Waals surface area contributed by atoms with Gasteiger partial charge in [0, 0.05) is 11.3 Å². The Hall–Kier alpha value is -2.53. The van der Waals surface area contributed by atoms with Crippen LogP contribution < -0.4 is 4.90 Å². The van der Waals surface area contributed by atoms with Crippen molar-refractivity contribution in [1.29, 1.82) is 0 Å². The maximum Gasteiger partial charge on any atom is 0.424 e. The number of hydrogen-bond donors (Lipinski definition) is 1. The van der Waals surface area contributed by atoms with Crippen LogP contribution in [0.1, 0.15) is 13.3 Å². The van der Waals surface area contributed by atoms with Crippen LogP contribution in [0.5, 0.6) is 0 Å². The van der Waals surface area contributed by atoms with Crippen LogP contribution in [0.3, 0.4) is 0 Å². The predicted octanol–water partition coefficient (Wildman–Crippen LogP) is 5.79. The molecule has 0 fully saturated rings. The molecule has 3 nitrogen and oxygen atoms in total. The minimum Gasteiger partial charge on any atom is -0.410 e.